The molecular weight excluding hydrogens is 593 g/mol. The van der Waals surface area contributed by atoms with Crippen molar-refractivity contribution in [2.45, 2.75) is 13.2 Å². The normalized spacial score (nSPS) is 11.8. The third-order valence-electron chi connectivity index (χ3n) is 7.27. The van der Waals surface area contributed by atoms with Crippen molar-refractivity contribution in [2.24, 2.45) is 0 Å². The number of hydrogen-bond donors (Lipinski definition) is 3. The molecule has 0 saturated heterocycles. The van der Waals surface area contributed by atoms with Gasteiger partial charge < -0.3 is 9.72 Å². The first-order chi connectivity index (χ1) is 21.8. The smallest absolute Gasteiger partial charge is 0.209 e. The highest BCUT2D eigenvalue weighted by Crippen LogP contribution is 2.34. The first-order valence-electron chi connectivity index (χ1n) is 14.0. The Balaban J connectivity index is 1.22. The molecule has 5 heterocycles. The molecular formula is C33H26FN7O3S. The van der Waals surface area contributed by atoms with E-state index in [2.05, 4.69) is 29.9 Å². The van der Waals surface area contributed by atoms with Crippen molar-refractivity contribution in [3.63, 3.8) is 0 Å². The van der Waals surface area contributed by atoms with Gasteiger partial charge >= 0.3 is 0 Å². The Morgan fingerprint density at radius 1 is 0.867 bits per heavy atom. The third kappa shape index (κ3) is 6.14. The van der Waals surface area contributed by atoms with E-state index < -0.39 is 15.8 Å². The molecule has 0 amide bonds. The predicted octanol–water partition coefficient (Wildman–Crippen LogP) is 6.00. The van der Waals surface area contributed by atoms with Crippen molar-refractivity contribution < 1.29 is 17.5 Å². The van der Waals surface area contributed by atoms with Crippen LogP contribution in [0.5, 0.6) is 5.75 Å². The number of fused-ring (bicyclic) bond motifs is 2. The van der Waals surface area contributed by atoms with E-state index in [4.69, 9.17) is 9.72 Å². The topological polar surface area (TPSA) is 139 Å². The number of H-pyrrole nitrogens is 2. The summed E-state index contributed by atoms with van der Waals surface area (Å²) < 4.78 is 46.2. The number of aromatic amines is 2. The van der Waals surface area contributed by atoms with Gasteiger partial charge in [-0.25, -0.2) is 22.5 Å². The Morgan fingerprint density at radius 3 is 2.56 bits per heavy atom. The summed E-state index contributed by atoms with van der Waals surface area (Å²) in [5.74, 6) is 0.151. The third-order valence-corrected chi connectivity index (χ3v) is 7.94. The highest BCUT2D eigenvalue weighted by molar-refractivity contribution is 7.88. The molecule has 0 saturated carbocycles. The van der Waals surface area contributed by atoms with Gasteiger partial charge in [-0.1, -0.05) is 30.3 Å². The Bertz CT molecular complexity index is 2290. The maximum atomic E-state index is 14.6. The lowest BCUT2D eigenvalue weighted by molar-refractivity contribution is 0.305. The number of halogens is 1. The zero-order valence-electron chi connectivity index (χ0n) is 24.0. The second-order valence-corrected chi connectivity index (χ2v) is 12.5. The fourth-order valence-corrected chi connectivity index (χ4v) is 5.59. The van der Waals surface area contributed by atoms with Crippen molar-refractivity contribution in [2.75, 3.05) is 6.26 Å². The van der Waals surface area contributed by atoms with Gasteiger partial charge in [0.1, 0.15) is 29.4 Å². The number of pyridine rings is 3. The van der Waals surface area contributed by atoms with Crippen molar-refractivity contribution >= 4 is 32.0 Å². The summed E-state index contributed by atoms with van der Waals surface area (Å²) in [6, 6.07) is 22.0. The van der Waals surface area contributed by atoms with Gasteiger partial charge in [0.25, 0.3) is 0 Å². The molecule has 7 rings (SSSR count). The van der Waals surface area contributed by atoms with Gasteiger partial charge in [0.2, 0.25) is 10.0 Å². The van der Waals surface area contributed by atoms with E-state index in [0.717, 1.165) is 33.8 Å². The zero-order valence-corrected chi connectivity index (χ0v) is 24.8. The summed E-state index contributed by atoms with van der Waals surface area (Å²) in [5.41, 5.74) is 7.74. The number of ether oxygens (including phenoxy) is 1. The number of rotatable bonds is 9. The SMILES string of the molecule is CS(=O)(=O)NCc1cc(F)cc(-c2cncc3[nH]c(-c4n[nH]c5ccc(-c6cncc(OCc7ccccc7)c6)nc45)cc23)c1. The monoisotopic (exact) mass is 619 g/mol. The molecule has 0 unspecified atom stereocenters. The summed E-state index contributed by atoms with van der Waals surface area (Å²) in [5, 5.41) is 8.40. The van der Waals surface area contributed by atoms with Crippen LogP contribution in [0.1, 0.15) is 11.1 Å². The van der Waals surface area contributed by atoms with Crippen LogP contribution in [0.25, 0.3) is 55.7 Å². The maximum Gasteiger partial charge on any atom is 0.209 e. The van der Waals surface area contributed by atoms with Crippen LogP contribution in [0.4, 0.5) is 4.39 Å². The van der Waals surface area contributed by atoms with Gasteiger partial charge in [-0.3, -0.25) is 15.1 Å². The zero-order chi connectivity index (χ0) is 31.0. The molecule has 2 aromatic carbocycles. The first-order valence-corrected chi connectivity index (χ1v) is 15.9. The molecule has 12 heteroatoms. The molecule has 0 aliphatic heterocycles. The molecule has 224 valence electrons. The largest absolute Gasteiger partial charge is 0.487 e. The van der Waals surface area contributed by atoms with Crippen molar-refractivity contribution in [1.29, 1.82) is 0 Å². The van der Waals surface area contributed by atoms with E-state index in [9.17, 15) is 12.8 Å². The molecule has 0 radical (unpaired) electrons. The van der Waals surface area contributed by atoms with Gasteiger partial charge in [-0.2, -0.15) is 5.10 Å². The van der Waals surface area contributed by atoms with Crippen LogP contribution in [0.2, 0.25) is 0 Å². The number of aromatic nitrogens is 6. The standard InChI is InChI=1S/C33H26FN7O3S/c1-45(42,43)37-14-21-9-22(11-24(34)10-21)27-17-36-18-31-26(27)13-30(38-31)33-32-29(40-41-33)8-7-28(39-32)23-12-25(16-35-15-23)44-19-20-5-3-2-4-6-20/h2-13,15-18,37-38H,14,19H2,1H3,(H,40,41). The molecule has 0 aliphatic rings. The molecule has 7 aromatic rings. The average molecular weight is 620 g/mol. The lowest BCUT2D eigenvalue weighted by atomic mass is 10.0. The van der Waals surface area contributed by atoms with Crippen LogP contribution in [0.15, 0.2) is 97.6 Å². The fourth-order valence-electron chi connectivity index (χ4n) is 5.16. The molecule has 0 fully saturated rings. The maximum absolute atomic E-state index is 14.6. The van der Waals surface area contributed by atoms with Gasteiger partial charge in [0, 0.05) is 35.5 Å². The molecule has 10 nitrogen and oxygen atoms in total. The Hall–Kier alpha value is -5.46. The highest BCUT2D eigenvalue weighted by Gasteiger charge is 2.17. The van der Waals surface area contributed by atoms with Crippen LogP contribution < -0.4 is 9.46 Å². The lowest BCUT2D eigenvalue weighted by Gasteiger charge is -2.08. The van der Waals surface area contributed by atoms with Gasteiger partial charge in [0.05, 0.1) is 41.1 Å². The van der Waals surface area contributed by atoms with Crippen LogP contribution >= 0.6 is 0 Å². The highest BCUT2D eigenvalue weighted by atomic mass is 32.2. The molecule has 0 spiro atoms. The molecule has 5 aromatic heterocycles. The van der Waals surface area contributed by atoms with Crippen molar-refractivity contribution in [3.8, 4) is 39.5 Å². The summed E-state index contributed by atoms with van der Waals surface area (Å²) in [4.78, 5) is 17.0. The van der Waals surface area contributed by atoms with Crippen molar-refractivity contribution in [1.82, 2.24) is 34.9 Å². The quantitative estimate of drug-likeness (QED) is 0.180. The van der Waals surface area contributed by atoms with E-state index in [1.165, 1.54) is 12.1 Å². The fraction of sp³-hybridized carbons (Fsp3) is 0.0909. The summed E-state index contributed by atoms with van der Waals surface area (Å²) >= 11 is 0. The summed E-state index contributed by atoms with van der Waals surface area (Å²) in [6.45, 7) is 0.395. The molecule has 3 N–H and O–H groups in total. The molecule has 45 heavy (non-hydrogen) atoms. The van der Waals surface area contributed by atoms with Crippen LogP contribution in [-0.2, 0) is 23.2 Å². The molecule has 0 aliphatic carbocycles. The van der Waals surface area contributed by atoms with E-state index >= 15 is 0 Å². The van der Waals surface area contributed by atoms with Gasteiger partial charge in [0.15, 0.2) is 0 Å². The van der Waals surface area contributed by atoms with E-state index in [1.54, 1.807) is 30.9 Å². The summed E-state index contributed by atoms with van der Waals surface area (Å²) in [7, 11) is -3.44. The average Bonchev–Trinajstić information content (AvgIpc) is 3.67. The van der Waals surface area contributed by atoms with Gasteiger partial charge in [-0.15, -0.1) is 0 Å². The Kier molecular flexibility index (Phi) is 7.28. The second kappa shape index (κ2) is 11.6. The number of nitrogens with one attached hydrogen (secondary N) is 3. The minimum Gasteiger partial charge on any atom is -0.487 e. The minimum absolute atomic E-state index is 0.0315. The van der Waals surface area contributed by atoms with Crippen LogP contribution in [0, 0.1) is 5.82 Å². The van der Waals surface area contributed by atoms with E-state index in [0.29, 0.717) is 51.6 Å². The minimum atomic E-state index is -3.44. The van der Waals surface area contributed by atoms with Crippen molar-refractivity contribution in [3.05, 3.63) is 115 Å². The number of hydrogen-bond acceptors (Lipinski definition) is 7. The van der Waals surface area contributed by atoms with Gasteiger partial charge in [-0.05, 0) is 59.2 Å². The van der Waals surface area contributed by atoms with E-state index in [1.807, 2.05) is 54.6 Å². The first kappa shape index (κ1) is 28.3. The van der Waals surface area contributed by atoms with Crippen LogP contribution in [0.3, 0.4) is 0 Å². The predicted molar refractivity (Wildman–Crippen MR) is 170 cm³/mol. The molecule has 0 atom stereocenters. The second-order valence-electron chi connectivity index (χ2n) is 10.6. The lowest BCUT2D eigenvalue weighted by Crippen LogP contribution is -2.21. The van der Waals surface area contributed by atoms with Crippen LogP contribution in [-0.4, -0.2) is 44.8 Å². The van der Waals surface area contributed by atoms with E-state index in [-0.39, 0.29) is 6.54 Å². The number of sulfonamides is 1. The Labute approximate surface area is 257 Å². The Morgan fingerprint density at radius 2 is 1.71 bits per heavy atom. The number of nitrogens with zero attached hydrogens (tertiary/aromatic N) is 4. The summed E-state index contributed by atoms with van der Waals surface area (Å²) in [6.07, 6.45) is 7.82. The molecule has 0 bridgehead atoms. The number of benzene rings is 2.